The molecule has 0 atom stereocenters. The highest BCUT2D eigenvalue weighted by Crippen LogP contribution is 2.19. The number of aromatic nitrogens is 4. The van der Waals surface area contributed by atoms with Crippen LogP contribution in [0.25, 0.3) is 4.96 Å². The van der Waals surface area contributed by atoms with E-state index < -0.39 is 0 Å². The van der Waals surface area contributed by atoms with Crippen molar-refractivity contribution in [3.8, 4) is 0 Å². The Kier molecular flexibility index (Phi) is 3.46. The largest absolute Gasteiger partial charge is 0.347 e. The van der Waals surface area contributed by atoms with E-state index >= 15 is 0 Å². The molecule has 1 aliphatic carbocycles. The molecule has 0 bridgehead atoms. The number of hydrogen-bond donors (Lipinski definition) is 1. The van der Waals surface area contributed by atoms with Crippen molar-refractivity contribution < 1.29 is 4.79 Å². The fourth-order valence-electron chi connectivity index (χ4n) is 2.48. The number of rotatable bonds is 2. The van der Waals surface area contributed by atoms with Crippen LogP contribution in [0.15, 0.2) is 0 Å². The summed E-state index contributed by atoms with van der Waals surface area (Å²) in [5.41, 5.74) is 0. The molecule has 1 aliphatic rings. The lowest BCUT2D eigenvalue weighted by Gasteiger charge is -2.14. The van der Waals surface area contributed by atoms with E-state index in [-0.39, 0.29) is 5.91 Å². The smallest absolute Gasteiger partial charge is 0.282 e. The van der Waals surface area contributed by atoms with Crippen LogP contribution in [0, 0.1) is 6.92 Å². The van der Waals surface area contributed by atoms with Crippen LogP contribution in [0.5, 0.6) is 0 Å². The number of fused-ring (bicyclic) bond motifs is 1. The first-order valence-corrected chi connectivity index (χ1v) is 7.55. The molecule has 0 aromatic carbocycles. The Morgan fingerprint density at radius 2 is 2.00 bits per heavy atom. The Balaban J connectivity index is 1.72. The fourth-order valence-corrected chi connectivity index (χ4v) is 3.27. The topological polar surface area (TPSA) is 72.2 Å². The van der Waals surface area contributed by atoms with Crippen LogP contribution in [-0.2, 0) is 0 Å². The summed E-state index contributed by atoms with van der Waals surface area (Å²) in [4.78, 5) is 12.8. The average molecular weight is 279 g/mol. The molecule has 2 aromatic heterocycles. The van der Waals surface area contributed by atoms with Crippen molar-refractivity contribution in [3.63, 3.8) is 0 Å². The van der Waals surface area contributed by atoms with Crippen molar-refractivity contribution in [2.75, 3.05) is 0 Å². The molecule has 0 radical (unpaired) electrons. The number of carbonyl (C=O) groups is 1. The first-order valence-electron chi connectivity index (χ1n) is 6.74. The van der Waals surface area contributed by atoms with Gasteiger partial charge >= 0.3 is 0 Å². The third-order valence-corrected chi connectivity index (χ3v) is 4.43. The van der Waals surface area contributed by atoms with E-state index in [0.717, 1.165) is 12.8 Å². The highest BCUT2D eigenvalue weighted by molar-refractivity contribution is 7.18. The zero-order valence-corrected chi connectivity index (χ0v) is 11.7. The second-order valence-electron chi connectivity index (χ2n) is 5.01. The summed E-state index contributed by atoms with van der Waals surface area (Å²) in [5, 5.41) is 15.7. The van der Waals surface area contributed by atoms with Crippen molar-refractivity contribution in [3.05, 3.63) is 10.8 Å². The number of nitrogens with zero attached hydrogens (tertiary/aromatic N) is 4. The van der Waals surface area contributed by atoms with Crippen LogP contribution in [0.3, 0.4) is 0 Å². The molecule has 1 saturated carbocycles. The zero-order chi connectivity index (χ0) is 13.2. The Morgan fingerprint density at radius 1 is 1.26 bits per heavy atom. The van der Waals surface area contributed by atoms with Gasteiger partial charge in [-0.3, -0.25) is 4.79 Å². The first-order chi connectivity index (χ1) is 9.24. The summed E-state index contributed by atoms with van der Waals surface area (Å²) in [6, 6.07) is 0.297. The molecule has 7 heteroatoms. The Bertz CT molecular complexity index is 582. The van der Waals surface area contributed by atoms with E-state index in [1.807, 2.05) is 6.92 Å². The minimum Gasteiger partial charge on any atom is -0.347 e. The monoisotopic (exact) mass is 279 g/mol. The van der Waals surface area contributed by atoms with Crippen LogP contribution < -0.4 is 5.32 Å². The van der Waals surface area contributed by atoms with E-state index in [9.17, 15) is 4.79 Å². The van der Waals surface area contributed by atoms with E-state index in [0.29, 0.717) is 21.8 Å². The lowest BCUT2D eigenvalue weighted by Crippen LogP contribution is -2.34. The molecule has 19 heavy (non-hydrogen) atoms. The Labute approximate surface area is 115 Å². The summed E-state index contributed by atoms with van der Waals surface area (Å²) in [6.45, 7) is 1.83. The van der Waals surface area contributed by atoms with E-state index in [1.165, 1.54) is 37.0 Å². The van der Waals surface area contributed by atoms with Gasteiger partial charge in [-0.1, -0.05) is 37.0 Å². The number of aryl methyl sites for hydroxylation is 1. The molecular formula is C12H17N5OS. The highest BCUT2D eigenvalue weighted by atomic mass is 32.1. The molecule has 2 heterocycles. The van der Waals surface area contributed by atoms with Gasteiger partial charge in [0.2, 0.25) is 9.97 Å². The molecule has 0 spiro atoms. The molecule has 1 fully saturated rings. The zero-order valence-electron chi connectivity index (χ0n) is 10.9. The van der Waals surface area contributed by atoms with Crippen molar-refractivity contribution in [2.24, 2.45) is 0 Å². The quantitative estimate of drug-likeness (QED) is 0.853. The molecule has 102 valence electrons. The molecule has 6 nitrogen and oxygen atoms in total. The molecular weight excluding hydrogens is 262 g/mol. The maximum atomic E-state index is 12.2. The van der Waals surface area contributed by atoms with Crippen LogP contribution in [-0.4, -0.2) is 31.8 Å². The van der Waals surface area contributed by atoms with Crippen LogP contribution in [0.2, 0.25) is 0 Å². The number of carbonyl (C=O) groups excluding carboxylic acids is 1. The lowest BCUT2D eigenvalue weighted by molar-refractivity contribution is 0.0932. The van der Waals surface area contributed by atoms with Crippen molar-refractivity contribution in [1.29, 1.82) is 0 Å². The molecule has 0 saturated heterocycles. The van der Waals surface area contributed by atoms with Gasteiger partial charge in [-0.15, -0.1) is 15.3 Å². The Hall–Kier alpha value is -1.50. The predicted octanol–water partition coefficient (Wildman–Crippen LogP) is 1.95. The van der Waals surface area contributed by atoms with Gasteiger partial charge < -0.3 is 5.32 Å². The Morgan fingerprint density at radius 3 is 2.68 bits per heavy atom. The third-order valence-electron chi connectivity index (χ3n) is 3.53. The molecule has 2 aromatic rings. The van der Waals surface area contributed by atoms with Gasteiger partial charge in [0.1, 0.15) is 0 Å². The van der Waals surface area contributed by atoms with E-state index in [2.05, 4.69) is 20.6 Å². The van der Waals surface area contributed by atoms with Crippen LogP contribution in [0.1, 0.15) is 54.2 Å². The third kappa shape index (κ3) is 2.60. The van der Waals surface area contributed by atoms with Crippen molar-refractivity contribution >= 4 is 22.2 Å². The van der Waals surface area contributed by atoms with Gasteiger partial charge in [0, 0.05) is 6.04 Å². The maximum Gasteiger partial charge on any atom is 0.282 e. The number of hydrogen-bond acceptors (Lipinski definition) is 5. The van der Waals surface area contributed by atoms with E-state index in [1.54, 1.807) is 4.52 Å². The van der Waals surface area contributed by atoms with Crippen LogP contribution >= 0.6 is 11.3 Å². The predicted molar refractivity (Wildman–Crippen MR) is 72.4 cm³/mol. The molecule has 1 N–H and O–H groups in total. The SMILES string of the molecule is Cc1nnc2sc(C(=O)NC3CCCCCC3)nn12. The normalized spacial score (nSPS) is 17.5. The molecule has 0 aliphatic heterocycles. The summed E-state index contributed by atoms with van der Waals surface area (Å²) >= 11 is 1.29. The van der Waals surface area contributed by atoms with Gasteiger partial charge in [-0.05, 0) is 19.8 Å². The first kappa shape index (κ1) is 12.5. The molecule has 1 amide bonds. The summed E-state index contributed by atoms with van der Waals surface area (Å²) in [7, 11) is 0. The maximum absolute atomic E-state index is 12.2. The number of amides is 1. The summed E-state index contributed by atoms with van der Waals surface area (Å²) in [5.74, 6) is 0.626. The second-order valence-corrected chi connectivity index (χ2v) is 5.97. The lowest BCUT2D eigenvalue weighted by atomic mass is 10.1. The van der Waals surface area contributed by atoms with Crippen molar-refractivity contribution in [2.45, 2.75) is 51.5 Å². The van der Waals surface area contributed by atoms with E-state index in [4.69, 9.17) is 0 Å². The number of nitrogens with one attached hydrogen (secondary N) is 1. The van der Waals surface area contributed by atoms with Crippen LogP contribution in [0.4, 0.5) is 0 Å². The minimum atomic E-state index is -0.0817. The van der Waals surface area contributed by atoms with Gasteiger partial charge in [0.15, 0.2) is 5.82 Å². The summed E-state index contributed by atoms with van der Waals surface area (Å²) < 4.78 is 1.62. The summed E-state index contributed by atoms with van der Waals surface area (Å²) in [6.07, 6.45) is 7.12. The molecule has 0 unspecified atom stereocenters. The average Bonchev–Trinajstić information content (AvgIpc) is 2.86. The highest BCUT2D eigenvalue weighted by Gasteiger charge is 2.19. The fraction of sp³-hybridized carbons (Fsp3) is 0.667. The van der Waals surface area contributed by atoms with Gasteiger partial charge in [0.05, 0.1) is 0 Å². The second kappa shape index (κ2) is 5.24. The molecule has 3 rings (SSSR count). The van der Waals surface area contributed by atoms with Gasteiger partial charge in [0.25, 0.3) is 5.91 Å². The standard InChI is InChI=1S/C12H17N5OS/c1-8-14-15-12-17(8)16-11(19-12)10(18)13-9-6-4-2-3-5-7-9/h9H,2-7H2,1H3,(H,13,18). The van der Waals surface area contributed by atoms with Gasteiger partial charge in [-0.2, -0.15) is 4.52 Å². The van der Waals surface area contributed by atoms with Crippen molar-refractivity contribution in [1.82, 2.24) is 25.1 Å². The van der Waals surface area contributed by atoms with Gasteiger partial charge in [-0.25, -0.2) is 0 Å². The minimum absolute atomic E-state index is 0.0817.